The van der Waals surface area contributed by atoms with Crippen LogP contribution in [0.15, 0.2) is 40.3 Å². The Bertz CT molecular complexity index is 684. The minimum atomic E-state index is -0.968. The zero-order valence-electron chi connectivity index (χ0n) is 10.6. The molecule has 1 aromatic carbocycles. The molecular formula is C13H12N2O4S. The summed E-state index contributed by atoms with van der Waals surface area (Å²) in [7, 11) is 1.55. The number of ether oxygens (including phenoxy) is 1. The first kappa shape index (κ1) is 14.1. The van der Waals surface area contributed by atoms with Crippen molar-refractivity contribution in [3.8, 4) is 17.0 Å². The van der Waals surface area contributed by atoms with Crippen LogP contribution in [0.3, 0.4) is 0 Å². The standard InChI is InChI=1S/C13H12N2O4S/c1-19-9-4-2-3-8(5-9)10-6-11(16)15-13(14-10)20-7-12(17)18/h2-6H,7H2,1H3,(H,17,18)(H,14,15,16). The van der Waals surface area contributed by atoms with Gasteiger partial charge in [-0.15, -0.1) is 0 Å². The number of aliphatic carboxylic acids is 1. The number of nitrogens with one attached hydrogen (secondary N) is 1. The number of aromatic nitrogens is 2. The molecule has 7 heteroatoms. The Morgan fingerprint density at radius 3 is 2.95 bits per heavy atom. The van der Waals surface area contributed by atoms with E-state index >= 15 is 0 Å². The number of methoxy groups -OCH3 is 1. The maximum Gasteiger partial charge on any atom is 0.313 e. The van der Waals surface area contributed by atoms with Gasteiger partial charge in [-0.2, -0.15) is 0 Å². The fourth-order valence-corrected chi connectivity index (χ4v) is 2.16. The molecule has 0 aliphatic rings. The number of carboxylic acids is 1. The maximum absolute atomic E-state index is 11.6. The molecule has 104 valence electrons. The topological polar surface area (TPSA) is 92.3 Å². The highest BCUT2D eigenvalue weighted by atomic mass is 32.2. The predicted octanol–water partition coefficient (Wildman–Crippen LogP) is 1.62. The van der Waals surface area contributed by atoms with Crippen LogP contribution in [-0.2, 0) is 4.79 Å². The van der Waals surface area contributed by atoms with Crippen LogP contribution in [0.2, 0.25) is 0 Å². The maximum atomic E-state index is 11.6. The van der Waals surface area contributed by atoms with E-state index in [1.165, 1.54) is 6.07 Å². The first-order valence-electron chi connectivity index (χ1n) is 5.69. The van der Waals surface area contributed by atoms with Gasteiger partial charge in [-0.25, -0.2) is 4.98 Å². The van der Waals surface area contributed by atoms with Crippen LogP contribution < -0.4 is 10.3 Å². The van der Waals surface area contributed by atoms with E-state index in [0.717, 1.165) is 17.3 Å². The molecule has 0 saturated carbocycles. The van der Waals surface area contributed by atoms with Crippen molar-refractivity contribution in [2.24, 2.45) is 0 Å². The Morgan fingerprint density at radius 2 is 2.25 bits per heavy atom. The van der Waals surface area contributed by atoms with Gasteiger partial charge in [-0.3, -0.25) is 9.59 Å². The van der Waals surface area contributed by atoms with Crippen molar-refractivity contribution in [1.29, 1.82) is 0 Å². The fraction of sp³-hybridized carbons (Fsp3) is 0.154. The minimum absolute atomic E-state index is 0.162. The summed E-state index contributed by atoms with van der Waals surface area (Å²) in [5.74, 6) is -0.474. The van der Waals surface area contributed by atoms with Crippen molar-refractivity contribution >= 4 is 17.7 Å². The predicted molar refractivity (Wildman–Crippen MR) is 75.2 cm³/mol. The van der Waals surface area contributed by atoms with Gasteiger partial charge in [0.1, 0.15) is 5.75 Å². The van der Waals surface area contributed by atoms with E-state index in [4.69, 9.17) is 9.84 Å². The second-order valence-corrected chi connectivity index (χ2v) is 4.81. The lowest BCUT2D eigenvalue weighted by Gasteiger charge is -2.05. The SMILES string of the molecule is COc1cccc(-c2cc(=O)[nH]c(SCC(=O)O)n2)c1. The van der Waals surface area contributed by atoms with Gasteiger partial charge in [0.2, 0.25) is 0 Å². The van der Waals surface area contributed by atoms with Crippen molar-refractivity contribution in [1.82, 2.24) is 9.97 Å². The molecule has 0 unspecified atom stereocenters. The van der Waals surface area contributed by atoms with Crippen molar-refractivity contribution < 1.29 is 14.6 Å². The highest BCUT2D eigenvalue weighted by Crippen LogP contribution is 2.22. The molecule has 0 atom stereocenters. The van der Waals surface area contributed by atoms with Gasteiger partial charge in [-0.05, 0) is 12.1 Å². The average Bonchev–Trinajstić information content (AvgIpc) is 2.44. The molecule has 20 heavy (non-hydrogen) atoms. The Labute approximate surface area is 118 Å². The molecule has 0 fully saturated rings. The summed E-state index contributed by atoms with van der Waals surface area (Å²) < 4.78 is 5.12. The number of aromatic amines is 1. The lowest BCUT2D eigenvalue weighted by atomic mass is 10.1. The van der Waals surface area contributed by atoms with Gasteiger partial charge in [0.15, 0.2) is 5.16 Å². The van der Waals surface area contributed by atoms with E-state index in [0.29, 0.717) is 11.4 Å². The number of benzene rings is 1. The smallest absolute Gasteiger partial charge is 0.313 e. The number of rotatable bonds is 5. The molecule has 0 aliphatic carbocycles. The average molecular weight is 292 g/mol. The van der Waals surface area contributed by atoms with E-state index in [2.05, 4.69) is 9.97 Å². The zero-order valence-corrected chi connectivity index (χ0v) is 11.4. The summed E-state index contributed by atoms with van der Waals surface area (Å²) in [5, 5.41) is 8.92. The molecule has 6 nitrogen and oxygen atoms in total. The molecule has 2 aromatic rings. The monoisotopic (exact) mass is 292 g/mol. The second-order valence-electron chi connectivity index (χ2n) is 3.85. The van der Waals surface area contributed by atoms with Gasteiger partial charge in [0.25, 0.3) is 5.56 Å². The zero-order chi connectivity index (χ0) is 14.5. The fourth-order valence-electron chi connectivity index (χ4n) is 1.56. The van der Waals surface area contributed by atoms with Crippen LogP contribution in [0.5, 0.6) is 5.75 Å². The van der Waals surface area contributed by atoms with Crippen molar-refractivity contribution in [2.75, 3.05) is 12.9 Å². The molecule has 0 bridgehead atoms. The summed E-state index contributed by atoms with van der Waals surface area (Å²) in [4.78, 5) is 28.9. The third kappa shape index (κ3) is 3.61. The molecule has 0 amide bonds. The van der Waals surface area contributed by atoms with Gasteiger partial charge < -0.3 is 14.8 Å². The van der Waals surface area contributed by atoms with Crippen molar-refractivity contribution in [3.63, 3.8) is 0 Å². The molecule has 0 spiro atoms. The molecule has 1 heterocycles. The third-order valence-corrected chi connectivity index (χ3v) is 3.28. The number of nitrogens with zero attached hydrogens (tertiary/aromatic N) is 1. The lowest BCUT2D eigenvalue weighted by Crippen LogP contribution is -2.09. The van der Waals surface area contributed by atoms with E-state index in [1.807, 2.05) is 0 Å². The van der Waals surface area contributed by atoms with Crippen molar-refractivity contribution in [2.45, 2.75) is 5.16 Å². The number of hydrogen-bond acceptors (Lipinski definition) is 5. The van der Waals surface area contributed by atoms with E-state index in [1.54, 1.807) is 31.4 Å². The molecule has 0 aliphatic heterocycles. The summed E-state index contributed by atoms with van der Waals surface area (Å²) in [6.45, 7) is 0. The highest BCUT2D eigenvalue weighted by Gasteiger charge is 2.07. The number of carboxylic acid groups (broad SMARTS) is 1. The number of carbonyl (C=O) groups is 1. The molecule has 2 N–H and O–H groups in total. The first-order valence-corrected chi connectivity index (χ1v) is 6.67. The van der Waals surface area contributed by atoms with Crippen molar-refractivity contribution in [3.05, 3.63) is 40.7 Å². The van der Waals surface area contributed by atoms with Gasteiger partial charge in [0, 0.05) is 11.6 Å². The first-order chi connectivity index (χ1) is 9.58. The summed E-state index contributed by atoms with van der Waals surface area (Å²) in [6, 6.07) is 8.50. The van der Waals surface area contributed by atoms with Crippen LogP contribution in [0, 0.1) is 0 Å². The second kappa shape index (κ2) is 6.25. The van der Waals surface area contributed by atoms with Gasteiger partial charge in [0.05, 0.1) is 18.6 Å². The van der Waals surface area contributed by atoms with Crippen LogP contribution in [0.25, 0.3) is 11.3 Å². The summed E-state index contributed by atoms with van der Waals surface area (Å²) in [6.07, 6.45) is 0. The molecule has 2 rings (SSSR count). The van der Waals surface area contributed by atoms with Gasteiger partial charge >= 0.3 is 5.97 Å². The van der Waals surface area contributed by atoms with E-state index < -0.39 is 5.97 Å². The third-order valence-electron chi connectivity index (χ3n) is 2.42. The molecule has 0 radical (unpaired) electrons. The molecule has 1 aromatic heterocycles. The quantitative estimate of drug-likeness (QED) is 0.642. The lowest BCUT2D eigenvalue weighted by molar-refractivity contribution is -0.133. The summed E-state index contributed by atoms with van der Waals surface area (Å²) >= 11 is 0.964. The largest absolute Gasteiger partial charge is 0.497 e. The highest BCUT2D eigenvalue weighted by molar-refractivity contribution is 7.99. The Hall–Kier alpha value is -2.28. The van der Waals surface area contributed by atoms with E-state index in [-0.39, 0.29) is 16.5 Å². The van der Waals surface area contributed by atoms with Crippen LogP contribution in [-0.4, -0.2) is 33.9 Å². The molecular weight excluding hydrogens is 280 g/mol. The molecule has 0 saturated heterocycles. The Kier molecular flexibility index (Phi) is 4.41. The Morgan fingerprint density at radius 1 is 1.45 bits per heavy atom. The van der Waals surface area contributed by atoms with Crippen LogP contribution >= 0.6 is 11.8 Å². The number of H-pyrrole nitrogens is 1. The van der Waals surface area contributed by atoms with Crippen LogP contribution in [0.4, 0.5) is 0 Å². The van der Waals surface area contributed by atoms with Crippen LogP contribution in [0.1, 0.15) is 0 Å². The van der Waals surface area contributed by atoms with E-state index in [9.17, 15) is 9.59 Å². The normalized spacial score (nSPS) is 10.2. The number of thioether (sulfide) groups is 1. The van der Waals surface area contributed by atoms with Gasteiger partial charge in [-0.1, -0.05) is 23.9 Å². The Balaban J connectivity index is 2.35. The summed E-state index contributed by atoms with van der Waals surface area (Å²) in [5.41, 5.74) is 0.874. The minimum Gasteiger partial charge on any atom is -0.497 e. The number of hydrogen-bond donors (Lipinski definition) is 2.